The molecule has 1 amide bonds. The molecule has 0 spiro atoms. The Labute approximate surface area is 156 Å². The lowest BCUT2D eigenvalue weighted by molar-refractivity contribution is -0.134. The van der Waals surface area contributed by atoms with Crippen LogP contribution >= 0.6 is 15.9 Å². The summed E-state index contributed by atoms with van der Waals surface area (Å²) >= 11 is 3.34. The number of benzene rings is 2. The number of carbonyl (C=O) groups is 1. The van der Waals surface area contributed by atoms with Gasteiger partial charge in [0.15, 0.2) is 16.4 Å². The molecule has 0 aromatic heterocycles. The van der Waals surface area contributed by atoms with Crippen LogP contribution in [0.1, 0.15) is 18.5 Å². The van der Waals surface area contributed by atoms with Crippen LogP contribution in [-0.2, 0) is 14.6 Å². The predicted molar refractivity (Wildman–Crippen MR) is 100 cm³/mol. The summed E-state index contributed by atoms with van der Waals surface area (Å²) < 4.78 is 29.5. The van der Waals surface area contributed by atoms with Crippen molar-refractivity contribution in [3.05, 3.63) is 58.6 Å². The minimum Gasteiger partial charge on any atom is -0.484 e. The molecule has 1 unspecified atom stereocenters. The van der Waals surface area contributed by atoms with Gasteiger partial charge in [0, 0.05) is 17.8 Å². The highest BCUT2D eigenvalue weighted by molar-refractivity contribution is 9.10. The Bertz CT molecular complexity index is 832. The van der Waals surface area contributed by atoms with Crippen molar-refractivity contribution in [2.75, 3.05) is 19.9 Å². The van der Waals surface area contributed by atoms with Gasteiger partial charge in [0.1, 0.15) is 5.75 Å². The Morgan fingerprint density at radius 1 is 1.12 bits per heavy atom. The van der Waals surface area contributed by atoms with Gasteiger partial charge in [0.05, 0.1) is 10.9 Å². The Morgan fingerprint density at radius 2 is 1.68 bits per heavy atom. The van der Waals surface area contributed by atoms with Gasteiger partial charge in [-0.05, 0) is 48.9 Å². The summed E-state index contributed by atoms with van der Waals surface area (Å²) in [5.41, 5.74) is 0.854. The Morgan fingerprint density at radius 3 is 2.20 bits per heavy atom. The highest BCUT2D eigenvalue weighted by Gasteiger charge is 2.18. The fourth-order valence-corrected chi connectivity index (χ4v) is 3.11. The zero-order valence-corrected chi connectivity index (χ0v) is 16.7. The average Bonchev–Trinajstić information content (AvgIpc) is 2.59. The van der Waals surface area contributed by atoms with Gasteiger partial charge < -0.3 is 9.64 Å². The second kappa shape index (κ2) is 8.01. The summed E-state index contributed by atoms with van der Waals surface area (Å²) in [5, 5.41) is 0. The molecule has 134 valence electrons. The molecule has 0 radical (unpaired) electrons. The Kier molecular flexibility index (Phi) is 6.24. The van der Waals surface area contributed by atoms with Crippen LogP contribution in [0.25, 0.3) is 0 Å². The number of halogens is 1. The largest absolute Gasteiger partial charge is 0.484 e. The third-order valence-corrected chi connectivity index (χ3v) is 5.60. The quantitative estimate of drug-likeness (QED) is 0.710. The second-order valence-corrected chi connectivity index (χ2v) is 8.70. The van der Waals surface area contributed by atoms with Crippen LogP contribution in [0.4, 0.5) is 0 Å². The molecule has 0 saturated carbocycles. The summed E-state index contributed by atoms with van der Waals surface area (Å²) in [6, 6.07) is 13.6. The zero-order valence-electron chi connectivity index (χ0n) is 14.3. The molecule has 0 N–H and O–H groups in total. The Hall–Kier alpha value is -1.86. The number of ether oxygens (including phenoxy) is 1. The van der Waals surface area contributed by atoms with Crippen molar-refractivity contribution < 1.29 is 17.9 Å². The predicted octanol–water partition coefficient (Wildman–Crippen LogP) is 3.45. The van der Waals surface area contributed by atoms with E-state index in [0.717, 1.165) is 10.0 Å². The van der Waals surface area contributed by atoms with Gasteiger partial charge in [0.2, 0.25) is 0 Å². The summed E-state index contributed by atoms with van der Waals surface area (Å²) in [7, 11) is -1.53. The van der Waals surface area contributed by atoms with Crippen molar-refractivity contribution >= 4 is 31.7 Å². The van der Waals surface area contributed by atoms with Crippen LogP contribution in [0.2, 0.25) is 0 Å². The number of amides is 1. The third-order valence-electron chi connectivity index (χ3n) is 3.94. The molecule has 2 aromatic rings. The van der Waals surface area contributed by atoms with Gasteiger partial charge in [0.25, 0.3) is 5.91 Å². The molecule has 2 rings (SSSR count). The molecule has 0 fully saturated rings. The van der Waals surface area contributed by atoms with E-state index in [1.54, 1.807) is 48.3 Å². The maximum absolute atomic E-state index is 12.3. The first-order valence-corrected chi connectivity index (χ1v) is 10.3. The summed E-state index contributed by atoms with van der Waals surface area (Å²) in [6.45, 7) is 1.82. The summed E-state index contributed by atoms with van der Waals surface area (Å²) in [4.78, 5) is 14.2. The zero-order chi connectivity index (χ0) is 18.6. The standard InChI is InChI=1S/C18H20BrNO4S/c1-13(14-4-10-17(11-5-14)25(3,22)23)20(2)18(21)12-24-16-8-6-15(19)7-9-16/h4-11,13H,12H2,1-3H3. The fourth-order valence-electron chi connectivity index (χ4n) is 2.21. The van der Waals surface area contributed by atoms with Crippen molar-refractivity contribution in [3.8, 4) is 5.75 Å². The number of carbonyl (C=O) groups excluding carboxylic acids is 1. The first kappa shape index (κ1) is 19.5. The molecule has 0 aliphatic carbocycles. The van der Waals surface area contributed by atoms with E-state index in [4.69, 9.17) is 4.74 Å². The van der Waals surface area contributed by atoms with Gasteiger partial charge in [-0.3, -0.25) is 4.79 Å². The minimum atomic E-state index is -3.23. The van der Waals surface area contributed by atoms with Gasteiger partial charge >= 0.3 is 0 Å². The number of hydrogen-bond donors (Lipinski definition) is 0. The number of rotatable bonds is 6. The van der Waals surface area contributed by atoms with Gasteiger partial charge in [-0.25, -0.2) is 8.42 Å². The maximum atomic E-state index is 12.3. The molecule has 0 heterocycles. The van der Waals surface area contributed by atoms with Crippen LogP contribution in [-0.4, -0.2) is 39.1 Å². The van der Waals surface area contributed by atoms with E-state index in [-0.39, 0.29) is 23.5 Å². The third kappa shape index (κ3) is 5.31. The average molecular weight is 426 g/mol. The van der Waals surface area contributed by atoms with E-state index in [9.17, 15) is 13.2 Å². The van der Waals surface area contributed by atoms with Crippen LogP contribution in [0.5, 0.6) is 5.75 Å². The molecule has 0 saturated heterocycles. The summed E-state index contributed by atoms with van der Waals surface area (Å²) in [5.74, 6) is 0.456. The van der Waals surface area contributed by atoms with Gasteiger partial charge in [-0.1, -0.05) is 28.1 Å². The first-order valence-electron chi connectivity index (χ1n) is 7.62. The van der Waals surface area contributed by atoms with E-state index in [1.165, 1.54) is 6.26 Å². The number of sulfone groups is 1. The lowest BCUT2D eigenvalue weighted by Crippen LogP contribution is -2.33. The Balaban J connectivity index is 1.99. The molecular weight excluding hydrogens is 406 g/mol. The molecular formula is C18H20BrNO4S. The molecule has 0 aliphatic heterocycles. The monoisotopic (exact) mass is 425 g/mol. The fraction of sp³-hybridized carbons (Fsp3) is 0.278. The number of hydrogen-bond acceptors (Lipinski definition) is 4. The SMILES string of the molecule is CC(c1ccc(S(C)(=O)=O)cc1)N(C)C(=O)COc1ccc(Br)cc1. The van der Waals surface area contributed by atoms with Crippen molar-refractivity contribution in [3.63, 3.8) is 0 Å². The van der Waals surface area contributed by atoms with E-state index in [0.29, 0.717) is 5.75 Å². The normalized spacial score (nSPS) is 12.5. The van der Waals surface area contributed by atoms with Crippen LogP contribution < -0.4 is 4.74 Å². The summed E-state index contributed by atoms with van der Waals surface area (Å²) in [6.07, 6.45) is 1.17. The van der Waals surface area contributed by atoms with Crippen LogP contribution in [0.3, 0.4) is 0 Å². The highest BCUT2D eigenvalue weighted by atomic mass is 79.9. The first-order chi connectivity index (χ1) is 11.7. The van der Waals surface area contributed by atoms with Gasteiger partial charge in [-0.15, -0.1) is 0 Å². The molecule has 0 aliphatic rings. The van der Waals surface area contributed by atoms with Crippen molar-refractivity contribution in [2.24, 2.45) is 0 Å². The molecule has 5 nitrogen and oxygen atoms in total. The molecule has 25 heavy (non-hydrogen) atoms. The lowest BCUT2D eigenvalue weighted by Gasteiger charge is -2.25. The van der Waals surface area contributed by atoms with Crippen LogP contribution in [0, 0.1) is 0 Å². The van der Waals surface area contributed by atoms with Gasteiger partial charge in [-0.2, -0.15) is 0 Å². The number of likely N-dealkylation sites (N-methyl/N-ethyl adjacent to an activating group) is 1. The lowest BCUT2D eigenvalue weighted by atomic mass is 10.1. The van der Waals surface area contributed by atoms with E-state index < -0.39 is 9.84 Å². The highest BCUT2D eigenvalue weighted by Crippen LogP contribution is 2.21. The van der Waals surface area contributed by atoms with Crippen molar-refractivity contribution in [1.82, 2.24) is 4.90 Å². The second-order valence-electron chi connectivity index (χ2n) is 5.76. The smallest absolute Gasteiger partial charge is 0.260 e. The van der Waals surface area contributed by atoms with Crippen molar-refractivity contribution in [1.29, 1.82) is 0 Å². The molecule has 1 atom stereocenters. The van der Waals surface area contributed by atoms with E-state index >= 15 is 0 Å². The maximum Gasteiger partial charge on any atom is 0.260 e. The number of nitrogens with zero attached hydrogens (tertiary/aromatic N) is 1. The van der Waals surface area contributed by atoms with E-state index in [2.05, 4.69) is 15.9 Å². The van der Waals surface area contributed by atoms with Crippen LogP contribution in [0.15, 0.2) is 57.9 Å². The van der Waals surface area contributed by atoms with E-state index in [1.807, 2.05) is 19.1 Å². The van der Waals surface area contributed by atoms with Crippen molar-refractivity contribution in [2.45, 2.75) is 17.9 Å². The molecule has 0 bridgehead atoms. The minimum absolute atomic E-state index is 0.0656. The molecule has 7 heteroatoms. The molecule has 2 aromatic carbocycles. The topological polar surface area (TPSA) is 63.7 Å².